The maximum Gasteiger partial charge on any atom is 0.416 e. The first-order chi connectivity index (χ1) is 18.7. The average molecular weight is 590 g/mol. The number of amides is 1. The number of rotatable bonds is 8. The highest BCUT2D eigenvalue weighted by Crippen LogP contribution is 2.31. The molecule has 0 unspecified atom stereocenters. The quantitative estimate of drug-likeness (QED) is 0.238. The van der Waals surface area contributed by atoms with Gasteiger partial charge in [-0.2, -0.15) is 13.2 Å². The van der Waals surface area contributed by atoms with Gasteiger partial charge in [-0.05, 0) is 85.8 Å². The van der Waals surface area contributed by atoms with E-state index in [1.165, 1.54) is 66.7 Å². The van der Waals surface area contributed by atoms with Gasteiger partial charge < -0.3 is 5.32 Å². The summed E-state index contributed by atoms with van der Waals surface area (Å²) in [6.45, 7) is 1.84. The van der Waals surface area contributed by atoms with Crippen LogP contribution in [0.2, 0.25) is 0 Å². The highest BCUT2D eigenvalue weighted by Gasteiger charge is 2.30. The van der Waals surface area contributed by atoms with Crippen molar-refractivity contribution in [1.29, 1.82) is 0 Å². The van der Waals surface area contributed by atoms with Crippen molar-refractivity contribution in [2.45, 2.75) is 22.9 Å². The molecule has 0 atom stereocenters. The summed E-state index contributed by atoms with van der Waals surface area (Å²) in [7, 11) is -8.01. The Kier molecular flexibility index (Phi) is 7.89. The van der Waals surface area contributed by atoms with Crippen LogP contribution in [0.15, 0.2) is 107 Å². The monoisotopic (exact) mass is 589 g/mol. The van der Waals surface area contributed by atoms with Crippen molar-refractivity contribution in [3.8, 4) is 0 Å². The van der Waals surface area contributed by atoms with E-state index in [-0.39, 0.29) is 32.4 Å². The molecular weight excluding hydrogens is 567 g/mol. The van der Waals surface area contributed by atoms with Crippen LogP contribution in [0.4, 0.5) is 30.2 Å². The van der Waals surface area contributed by atoms with Crippen molar-refractivity contribution in [1.82, 2.24) is 0 Å². The number of carbonyl (C=O) groups is 1. The summed E-state index contributed by atoms with van der Waals surface area (Å²) in [6, 6.07) is 20.8. The molecule has 0 aliphatic carbocycles. The summed E-state index contributed by atoms with van der Waals surface area (Å²) in [6.07, 6.45) is -4.63. The number of sulfonamides is 2. The molecule has 0 heterocycles. The zero-order chi connectivity index (χ0) is 29.1. The standard InChI is InChI=1S/C27H22F3N3O5S2/c1-18-5-13-24(14-6-18)39(35,36)32-22-9-7-19(8-10-22)26(34)31-21-11-15-25(16-12-21)40(37,38)33-23-4-2-3-20(17-23)27(28,29)30/h2-17,32-33H,1H3,(H,31,34). The fourth-order valence-electron chi connectivity index (χ4n) is 3.51. The maximum atomic E-state index is 12.9. The van der Waals surface area contributed by atoms with E-state index in [2.05, 4.69) is 14.8 Å². The number of nitrogens with one attached hydrogen (secondary N) is 3. The molecule has 8 nitrogen and oxygen atoms in total. The zero-order valence-corrected chi connectivity index (χ0v) is 22.4. The molecule has 1 amide bonds. The Morgan fingerprint density at radius 2 is 1.15 bits per heavy atom. The second kappa shape index (κ2) is 11.0. The molecule has 0 saturated carbocycles. The normalized spacial score (nSPS) is 12.0. The van der Waals surface area contributed by atoms with Crippen LogP contribution in [0.5, 0.6) is 0 Å². The summed E-state index contributed by atoms with van der Waals surface area (Å²) < 4.78 is 93.6. The third-order valence-corrected chi connectivity index (χ3v) is 8.39. The van der Waals surface area contributed by atoms with E-state index in [1.807, 2.05) is 6.92 Å². The predicted molar refractivity (Wildman–Crippen MR) is 145 cm³/mol. The van der Waals surface area contributed by atoms with Crippen molar-refractivity contribution in [3.05, 3.63) is 114 Å². The Labute approximate surface area is 229 Å². The predicted octanol–water partition coefficient (Wildman–Crippen LogP) is 5.87. The zero-order valence-electron chi connectivity index (χ0n) is 20.7. The largest absolute Gasteiger partial charge is 0.416 e. The average Bonchev–Trinajstić information content (AvgIpc) is 2.89. The van der Waals surface area contributed by atoms with Crippen LogP contribution in [-0.2, 0) is 26.2 Å². The van der Waals surface area contributed by atoms with Gasteiger partial charge in [0.15, 0.2) is 0 Å². The number of benzene rings is 4. The Morgan fingerprint density at radius 3 is 1.70 bits per heavy atom. The first-order valence-electron chi connectivity index (χ1n) is 11.5. The molecule has 40 heavy (non-hydrogen) atoms. The second-order valence-electron chi connectivity index (χ2n) is 8.66. The third kappa shape index (κ3) is 6.98. The summed E-state index contributed by atoms with van der Waals surface area (Å²) in [4.78, 5) is 12.5. The molecule has 3 N–H and O–H groups in total. The minimum Gasteiger partial charge on any atom is -0.322 e. The van der Waals surface area contributed by atoms with E-state index in [4.69, 9.17) is 0 Å². The molecule has 0 aliphatic rings. The number of carbonyl (C=O) groups excluding carboxylic acids is 1. The van der Waals surface area contributed by atoms with E-state index in [0.29, 0.717) is 6.07 Å². The summed E-state index contributed by atoms with van der Waals surface area (Å²) in [5, 5.41) is 2.59. The Hall–Kier alpha value is -4.36. The number of aryl methyl sites for hydroxylation is 1. The molecule has 0 spiro atoms. The van der Waals surface area contributed by atoms with Crippen LogP contribution in [0.25, 0.3) is 0 Å². The smallest absolute Gasteiger partial charge is 0.322 e. The van der Waals surface area contributed by atoms with Gasteiger partial charge >= 0.3 is 6.18 Å². The highest BCUT2D eigenvalue weighted by atomic mass is 32.2. The number of anilines is 3. The van der Waals surface area contributed by atoms with Gasteiger partial charge in [-0.25, -0.2) is 16.8 Å². The van der Waals surface area contributed by atoms with Crippen molar-refractivity contribution >= 4 is 43.0 Å². The summed E-state index contributed by atoms with van der Waals surface area (Å²) in [5.74, 6) is -0.536. The number of halogens is 3. The highest BCUT2D eigenvalue weighted by molar-refractivity contribution is 7.93. The first kappa shape index (κ1) is 28.6. The molecule has 0 aliphatic heterocycles. The minimum atomic E-state index is -4.63. The molecule has 208 valence electrons. The summed E-state index contributed by atoms with van der Waals surface area (Å²) >= 11 is 0. The fourth-order valence-corrected chi connectivity index (χ4v) is 5.62. The van der Waals surface area contributed by atoms with E-state index in [9.17, 15) is 34.8 Å². The van der Waals surface area contributed by atoms with Gasteiger partial charge in [-0.15, -0.1) is 0 Å². The first-order valence-corrected chi connectivity index (χ1v) is 14.5. The summed E-state index contributed by atoms with van der Waals surface area (Å²) in [5.41, 5.74) is 0.380. The molecule has 4 aromatic rings. The molecule has 0 bridgehead atoms. The molecule has 0 saturated heterocycles. The molecule has 0 radical (unpaired) electrons. The van der Waals surface area contributed by atoms with Crippen LogP contribution in [-0.4, -0.2) is 22.7 Å². The Bertz CT molecular complexity index is 1740. The lowest BCUT2D eigenvalue weighted by Crippen LogP contribution is -2.15. The van der Waals surface area contributed by atoms with Crippen LogP contribution in [0, 0.1) is 6.92 Å². The van der Waals surface area contributed by atoms with Crippen molar-refractivity contribution in [2.24, 2.45) is 0 Å². The van der Waals surface area contributed by atoms with Gasteiger partial charge in [0.05, 0.1) is 15.4 Å². The van der Waals surface area contributed by atoms with Crippen LogP contribution >= 0.6 is 0 Å². The van der Waals surface area contributed by atoms with Crippen molar-refractivity contribution < 1.29 is 34.8 Å². The van der Waals surface area contributed by atoms with Gasteiger partial charge in [0.25, 0.3) is 26.0 Å². The molecule has 4 aromatic carbocycles. The van der Waals surface area contributed by atoms with Gasteiger partial charge in [0.2, 0.25) is 0 Å². The minimum absolute atomic E-state index is 0.0930. The van der Waals surface area contributed by atoms with Gasteiger partial charge in [-0.1, -0.05) is 23.8 Å². The second-order valence-corrected chi connectivity index (χ2v) is 12.0. The SMILES string of the molecule is Cc1ccc(S(=O)(=O)Nc2ccc(C(=O)Nc3ccc(S(=O)(=O)Nc4cccc(C(F)(F)F)c4)cc3)cc2)cc1. The Balaban J connectivity index is 1.40. The molecule has 4 rings (SSSR count). The molecule has 0 fully saturated rings. The van der Waals surface area contributed by atoms with Crippen molar-refractivity contribution in [3.63, 3.8) is 0 Å². The van der Waals surface area contributed by atoms with E-state index < -0.39 is 37.7 Å². The third-order valence-electron chi connectivity index (χ3n) is 5.60. The molecular formula is C27H22F3N3O5S2. The lowest BCUT2D eigenvalue weighted by atomic mass is 10.2. The Morgan fingerprint density at radius 1 is 0.650 bits per heavy atom. The number of hydrogen-bond donors (Lipinski definition) is 3. The van der Waals surface area contributed by atoms with Crippen LogP contribution < -0.4 is 14.8 Å². The van der Waals surface area contributed by atoms with Crippen molar-refractivity contribution in [2.75, 3.05) is 14.8 Å². The van der Waals surface area contributed by atoms with Gasteiger partial charge in [-0.3, -0.25) is 14.2 Å². The fraction of sp³-hybridized carbons (Fsp3) is 0.0741. The van der Waals surface area contributed by atoms with Crippen LogP contribution in [0.3, 0.4) is 0 Å². The molecule has 0 aromatic heterocycles. The van der Waals surface area contributed by atoms with Gasteiger partial charge in [0, 0.05) is 22.6 Å². The van der Waals surface area contributed by atoms with Crippen LogP contribution in [0.1, 0.15) is 21.5 Å². The topological polar surface area (TPSA) is 121 Å². The lowest BCUT2D eigenvalue weighted by molar-refractivity contribution is -0.137. The number of alkyl halides is 3. The lowest BCUT2D eigenvalue weighted by Gasteiger charge is -2.12. The van der Waals surface area contributed by atoms with E-state index in [0.717, 1.165) is 17.7 Å². The maximum absolute atomic E-state index is 12.9. The van der Waals surface area contributed by atoms with Gasteiger partial charge in [0.1, 0.15) is 0 Å². The van der Waals surface area contributed by atoms with E-state index in [1.54, 1.807) is 12.1 Å². The number of hydrogen-bond acceptors (Lipinski definition) is 5. The molecule has 13 heteroatoms. The van der Waals surface area contributed by atoms with E-state index >= 15 is 0 Å².